The van der Waals surface area contributed by atoms with Gasteiger partial charge in [-0.05, 0) is 41.3 Å². The van der Waals surface area contributed by atoms with E-state index in [4.69, 9.17) is 25.5 Å². The number of hydrogen-bond acceptors (Lipinski definition) is 4. The highest BCUT2D eigenvalue weighted by Crippen LogP contribution is 2.39. The van der Waals surface area contributed by atoms with Gasteiger partial charge in [0, 0.05) is 16.7 Å². The highest BCUT2D eigenvalue weighted by atomic mass is 35.5. The smallest absolute Gasteiger partial charge is 0.453 e. The molecule has 4 aromatic rings. The predicted octanol–water partition coefficient (Wildman–Crippen LogP) is 8.13. The minimum atomic E-state index is -4.96. The Bertz CT molecular complexity index is 1420. The maximum absolute atomic E-state index is 13.8. The molecule has 0 fully saturated rings. The zero-order valence-corrected chi connectivity index (χ0v) is 20.0. The summed E-state index contributed by atoms with van der Waals surface area (Å²) in [7, 11) is 0. The monoisotopic (exact) mass is 502 g/mol. The van der Waals surface area contributed by atoms with Gasteiger partial charge in [-0.15, -0.1) is 0 Å². The summed E-state index contributed by atoms with van der Waals surface area (Å²) >= 11 is 6.11. The first-order valence-electron chi connectivity index (χ1n) is 10.8. The quantitative estimate of drug-likeness (QED) is 0.276. The molecule has 0 spiro atoms. The summed E-state index contributed by atoms with van der Waals surface area (Å²) < 4.78 is 57.7. The molecular weight excluding hydrogens is 481 g/mol. The molecule has 0 aliphatic rings. The molecule has 0 bridgehead atoms. The number of hydrogen-bond donors (Lipinski definition) is 0. The third-order valence-electron chi connectivity index (χ3n) is 5.37. The molecule has 0 aliphatic heterocycles. The molecule has 4 nitrogen and oxygen atoms in total. The van der Waals surface area contributed by atoms with E-state index >= 15 is 0 Å². The summed E-state index contributed by atoms with van der Waals surface area (Å²) in [5, 5.41) is 0.431. The van der Waals surface area contributed by atoms with Gasteiger partial charge in [0.05, 0.1) is 5.39 Å². The van der Waals surface area contributed by atoms with E-state index in [-0.39, 0.29) is 34.5 Å². The predicted molar refractivity (Wildman–Crippen MR) is 128 cm³/mol. The third-order valence-corrected chi connectivity index (χ3v) is 5.74. The lowest BCUT2D eigenvalue weighted by atomic mass is 9.87. The molecule has 0 saturated heterocycles. The van der Waals surface area contributed by atoms with Gasteiger partial charge in [0.1, 0.15) is 23.7 Å². The molecule has 0 unspecified atom stereocenters. The van der Waals surface area contributed by atoms with E-state index in [9.17, 15) is 18.0 Å². The van der Waals surface area contributed by atoms with Crippen LogP contribution in [0.3, 0.4) is 0 Å². The van der Waals surface area contributed by atoms with E-state index in [2.05, 4.69) is 0 Å². The lowest BCUT2D eigenvalue weighted by Crippen LogP contribution is -2.15. The average Bonchev–Trinajstić information content (AvgIpc) is 2.79. The maximum atomic E-state index is 13.8. The normalized spacial score (nSPS) is 12.1. The Hall–Kier alpha value is -3.45. The second kappa shape index (κ2) is 9.30. The van der Waals surface area contributed by atoms with Gasteiger partial charge in [-0.2, -0.15) is 13.2 Å². The van der Waals surface area contributed by atoms with Crippen molar-refractivity contribution in [1.29, 1.82) is 0 Å². The second-order valence-corrected chi connectivity index (χ2v) is 9.41. The molecule has 182 valence electrons. The molecule has 0 aliphatic carbocycles. The summed E-state index contributed by atoms with van der Waals surface area (Å²) in [6, 6.07) is 17.6. The Balaban J connectivity index is 1.70. The molecular formula is C27H22ClF3O4. The van der Waals surface area contributed by atoms with Crippen molar-refractivity contribution >= 4 is 22.6 Å². The van der Waals surface area contributed by atoms with Crippen molar-refractivity contribution < 1.29 is 27.1 Å². The molecule has 8 heteroatoms. The van der Waals surface area contributed by atoms with Gasteiger partial charge < -0.3 is 13.9 Å². The maximum Gasteiger partial charge on any atom is 0.453 e. The third kappa shape index (κ3) is 5.46. The largest absolute Gasteiger partial charge is 0.489 e. The fourth-order valence-corrected chi connectivity index (χ4v) is 3.63. The molecule has 0 saturated carbocycles. The minimum Gasteiger partial charge on any atom is -0.489 e. The van der Waals surface area contributed by atoms with Crippen LogP contribution in [0, 0.1) is 0 Å². The molecule has 0 amide bonds. The zero-order chi connectivity index (χ0) is 25.4. The van der Waals surface area contributed by atoms with Gasteiger partial charge in [0.15, 0.2) is 0 Å². The van der Waals surface area contributed by atoms with Crippen molar-refractivity contribution in [3.05, 3.63) is 98.9 Å². The van der Waals surface area contributed by atoms with Gasteiger partial charge in [-0.1, -0.05) is 62.7 Å². The van der Waals surface area contributed by atoms with Gasteiger partial charge >= 0.3 is 6.18 Å². The van der Waals surface area contributed by atoms with E-state index in [1.54, 1.807) is 36.4 Å². The standard InChI is InChI=1S/C27H22ClF3O4/c1-26(2,3)17-8-10-18(11-9-17)34-24-23(32)20-13-12-19(14-22(20)35-25(24)27(29,30)31)33-15-16-6-4-5-7-21(16)28/h4-14H,15H2,1-3H3. The fraction of sp³-hybridized carbons (Fsp3) is 0.222. The van der Waals surface area contributed by atoms with E-state index in [1.807, 2.05) is 20.8 Å². The highest BCUT2D eigenvalue weighted by Gasteiger charge is 2.40. The van der Waals surface area contributed by atoms with Gasteiger partial charge in [-0.3, -0.25) is 4.79 Å². The van der Waals surface area contributed by atoms with Crippen molar-refractivity contribution in [1.82, 2.24) is 0 Å². The zero-order valence-electron chi connectivity index (χ0n) is 19.2. The second-order valence-electron chi connectivity index (χ2n) is 9.00. The molecule has 0 atom stereocenters. The Morgan fingerprint density at radius 2 is 1.57 bits per heavy atom. The SMILES string of the molecule is CC(C)(C)c1ccc(Oc2c(C(F)(F)F)oc3cc(OCc4ccccc4Cl)ccc3c2=O)cc1. The average molecular weight is 503 g/mol. The first-order valence-corrected chi connectivity index (χ1v) is 11.1. The van der Waals surface area contributed by atoms with Gasteiger partial charge in [-0.25, -0.2) is 0 Å². The van der Waals surface area contributed by atoms with Crippen molar-refractivity contribution in [2.24, 2.45) is 0 Å². The molecule has 0 N–H and O–H groups in total. The first-order chi connectivity index (χ1) is 16.4. The Kier molecular flexibility index (Phi) is 6.56. The van der Waals surface area contributed by atoms with E-state index in [0.717, 1.165) is 5.56 Å². The van der Waals surface area contributed by atoms with Crippen LogP contribution in [0.2, 0.25) is 5.02 Å². The minimum absolute atomic E-state index is 0.0654. The van der Waals surface area contributed by atoms with E-state index in [0.29, 0.717) is 10.6 Å². The molecule has 3 aromatic carbocycles. The molecule has 4 rings (SSSR count). The molecule has 35 heavy (non-hydrogen) atoms. The lowest BCUT2D eigenvalue weighted by molar-refractivity contribution is -0.154. The highest BCUT2D eigenvalue weighted by molar-refractivity contribution is 6.31. The summed E-state index contributed by atoms with van der Waals surface area (Å²) in [5.74, 6) is -2.12. The van der Waals surface area contributed by atoms with Gasteiger partial charge in [0.2, 0.25) is 11.2 Å². The number of benzene rings is 3. The Morgan fingerprint density at radius 3 is 2.20 bits per heavy atom. The van der Waals surface area contributed by atoms with Crippen molar-refractivity contribution in [3.63, 3.8) is 0 Å². The van der Waals surface area contributed by atoms with Gasteiger partial charge in [0.25, 0.3) is 5.76 Å². The summed E-state index contributed by atoms with van der Waals surface area (Å²) in [5.41, 5.74) is 0.317. The molecule has 1 aromatic heterocycles. The number of rotatable bonds is 5. The molecule has 0 radical (unpaired) electrons. The van der Waals surface area contributed by atoms with Crippen molar-refractivity contribution in [2.45, 2.75) is 39.0 Å². The van der Waals surface area contributed by atoms with Crippen LogP contribution < -0.4 is 14.9 Å². The van der Waals surface area contributed by atoms with Crippen LogP contribution in [0.25, 0.3) is 11.0 Å². The van der Waals surface area contributed by atoms with Crippen LogP contribution in [-0.2, 0) is 18.2 Å². The van der Waals surface area contributed by atoms with Crippen molar-refractivity contribution in [2.75, 3.05) is 0 Å². The number of fused-ring (bicyclic) bond motifs is 1. The van der Waals surface area contributed by atoms with E-state index < -0.39 is 23.1 Å². The summed E-state index contributed by atoms with van der Waals surface area (Å²) in [4.78, 5) is 13.0. The fourth-order valence-electron chi connectivity index (χ4n) is 3.44. The lowest BCUT2D eigenvalue weighted by Gasteiger charge is -2.19. The number of halogens is 4. The topological polar surface area (TPSA) is 48.7 Å². The number of alkyl halides is 3. The van der Waals surface area contributed by atoms with Crippen LogP contribution in [0.5, 0.6) is 17.2 Å². The van der Waals surface area contributed by atoms with Crippen molar-refractivity contribution in [3.8, 4) is 17.2 Å². The summed E-state index contributed by atoms with van der Waals surface area (Å²) in [6.07, 6.45) is -4.96. The summed E-state index contributed by atoms with van der Waals surface area (Å²) in [6.45, 7) is 6.12. The van der Waals surface area contributed by atoms with Crippen LogP contribution in [0.15, 0.2) is 75.9 Å². The van der Waals surface area contributed by atoms with Crippen LogP contribution in [0.1, 0.15) is 37.7 Å². The Labute approximate surface area is 204 Å². The van der Waals surface area contributed by atoms with Crippen LogP contribution >= 0.6 is 11.6 Å². The number of ether oxygens (including phenoxy) is 2. The Morgan fingerprint density at radius 1 is 0.914 bits per heavy atom. The first kappa shape index (κ1) is 24.7. The molecule has 1 heterocycles. The van der Waals surface area contributed by atoms with E-state index in [1.165, 1.54) is 30.3 Å². The van der Waals surface area contributed by atoms with Crippen LogP contribution in [0.4, 0.5) is 13.2 Å². The van der Waals surface area contributed by atoms with Crippen LogP contribution in [-0.4, -0.2) is 0 Å².